The van der Waals surface area contributed by atoms with Crippen LogP contribution >= 0.6 is 0 Å². The molecule has 1 N–H and O–H groups in total. The van der Waals surface area contributed by atoms with Crippen molar-refractivity contribution < 1.29 is 0 Å². The average molecular weight is 216 g/mol. The summed E-state index contributed by atoms with van der Waals surface area (Å²) in [5, 5.41) is 3.04. The Morgan fingerprint density at radius 3 is 3.00 bits per heavy atom. The van der Waals surface area contributed by atoms with E-state index in [-0.39, 0.29) is 0 Å². The van der Waals surface area contributed by atoms with Crippen LogP contribution in [-0.2, 0) is 13.0 Å². The van der Waals surface area contributed by atoms with Gasteiger partial charge in [-0.25, -0.2) is 9.97 Å². The molecule has 0 aliphatic carbocycles. The van der Waals surface area contributed by atoms with Gasteiger partial charge in [-0.1, -0.05) is 13.0 Å². The topological polar surface area (TPSA) is 42.7 Å². The first-order chi connectivity index (χ1) is 7.83. The summed E-state index contributed by atoms with van der Waals surface area (Å²) in [5.74, 6) is 1.99. The van der Waals surface area contributed by atoms with Crippen LogP contribution in [0.2, 0.25) is 0 Å². The fraction of sp³-hybridized carbons (Fsp3) is 0.333. The van der Waals surface area contributed by atoms with Gasteiger partial charge in [-0.05, 0) is 12.1 Å². The minimum Gasteiger partial charge on any atom is -0.373 e. The lowest BCUT2D eigenvalue weighted by Crippen LogP contribution is -2.05. The summed E-state index contributed by atoms with van der Waals surface area (Å²) < 4.78 is 2.13. The molecule has 84 valence electrons. The highest BCUT2D eigenvalue weighted by atomic mass is 15.1. The largest absolute Gasteiger partial charge is 0.373 e. The van der Waals surface area contributed by atoms with E-state index in [1.54, 1.807) is 0 Å². The third kappa shape index (κ3) is 2.21. The molecule has 0 spiro atoms. The fourth-order valence-corrected chi connectivity index (χ4v) is 1.68. The summed E-state index contributed by atoms with van der Waals surface area (Å²) in [4.78, 5) is 8.77. The fourth-order valence-electron chi connectivity index (χ4n) is 1.68. The van der Waals surface area contributed by atoms with E-state index in [1.165, 1.54) is 0 Å². The Labute approximate surface area is 95.4 Å². The molecule has 2 aromatic rings. The molecule has 0 fully saturated rings. The first-order valence-electron chi connectivity index (χ1n) is 5.47. The second kappa shape index (κ2) is 4.79. The molecule has 0 bridgehead atoms. The van der Waals surface area contributed by atoms with Gasteiger partial charge in [0.2, 0.25) is 0 Å². The van der Waals surface area contributed by atoms with E-state index in [1.807, 2.05) is 37.6 Å². The molecule has 4 nitrogen and oxygen atoms in total. The van der Waals surface area contributed by atoms with Crippen LogP contribution in [-0.4, -0.2) is 21.6 Å². The van der Waals surface area contributed by atoms with Crippen molar-refractivity contribution in [3.05, 3.63) is 42.1 Å². The summed E-state index contributed by atoms with van der Waals surface area (Å²) in [6, 6.07) is 6.00. The van der Waals surface area contributed by atoms with Gasteiger partial charge in [0, 0.05) is 25.9 Å². The van der Waals surface area contributed by atoms with Gasteiger partial charge in [0.1, 0.15) is 11.6 Å². The van der Waals surface area contributed by atoms with Crippen LogP contribution in [0.25, 0.3) is 0 Å². The summed E-state index contributed by atoms with van der Waals surface area (Å²) in [6.07, 6.45) is 4.77. The lowest BCUT2D eigenvalue weighted by Gasteiger charge is -2.07. The standard InChI is InChI=1S/C12H16N4/c1-3-12-14-7-8-16(12)9-10-5-4-6-11(13-2)15-10/h4-8H,3,9H2,1-2H3,(H,13,15). The number of imidazole rings is 1. The van der Waals surface area contributed by atoms with Crippen LogP contribution in [0.15, 0.2) is 30.6 Å². The second-order valence-electron chi connectivity index (χ2n) is 3.59. The van der Waals surface area contributed by atoms with E-state index in [4.69, 9.17) is 0 Å². The number of nitrogens with one attached hydrogen (secondary N) is 1. The predicted molar refractivity (Wildman–Crippen MR) is 64.5 cm³/mol. The van der Waals surface area contributed by atoms with Crippen LogP contribution in [0.3, 0.4) is 0 Å². The van der Waals surface area contributed by atoms with Gasteiger partial charge in [-0.15, -0.1) is 0 Å². The first-order valence-corrected chi connectivity index (χ1v) is 5.47. The maximum Gasteiger partial charge on any atom is 0.126 e. The van der Waals surface area contributed by atoms with Crippen molar-refractivity contribution in [2.75, 3.05) is 12.4 Å². The zero-order chi connectivity index (χ0) is 11.4. The molecule has 0 amide bonds. The van der Waals surface area contributed by atoms with E-state index in [2.05, 4.69) is 26.8 Å². The second-order valence-corrected chi connectivity index (χ2v) is 3.59. The number of nitrogens with zero attached hydrogens (tertiary/aromatic N) is 3. The van der Waals surface area contributed by atoms with Crippen LogP contribution in [0.5, 0.6) is 0 Å². The van der Waals surface area contributed by atoms with Crippen molar-refractivity contribution in [3.8, 4) is 0 Å². The van der Waals surface area contributed by atoms with Gasteiger partial charge < -0.3 is 9.88 Å². The molecule has 0 radical (unpaired) electrons. The van der Waals surface area contributed by atoms with Gasteiger partial charge in [-0.3, -0.25) is 0 Å². The van der Waals surface area contributed by atoms with Gasteiger partial charge in [0.15, 0.2) is 0 Å². The van der Waals surface area contributed by atoms with E-state index in [0.29, 0.717) is 0 Å². The van der Waals surface area contributed by atoms with Crippen LogP contribution in [0.1, 0.15) is 18.4 Å². The number of anilines is 1. The lowest BCUT2D eigenvalue weighted by molar-refractivity contribution is 0.717. The number of rotatable bonds is 4. The van der Waals surface area contributed by atoms with Crippen LogP contribution in [0, 0.1) is 0 Å². The highest BCUT2D eigenvalue weighted by Gasteiger charge is 2.02. The van der Waals surface area contributed by atoms with E-state index < -0.39 is 0 Å². The van der Waals surface area contributed by atoms with Gasteiger partial charge in [-0.2, -0.15) is 0 Å². The normalized spacial score (nSPS) is 10.4. The molecule has 0 aliphatic heterocycles. The third-order valence-electron chi connectivity index (χ3n) is 2.51. The summed E-state index contributed by atoms with van der Waals surface area (Å²) in [5.41, 5.74) is 1.04. The Hall–Kier alpha value is -1.84. The third-order valence-corrected chi connectivity index (χ3v) is 2.51. The number of aromatic nitrogens is 3. The van der Waals surface area contributed by atoms with Crippen molar-refractivity contribution in [3.63, 3.8) is 0 Å². The molecule has 0 saturated carbocycles. The molecule has 16 heavy (non-hydrogen) atoms. The molecule has 0 unspecified atom stereocenters. The van der Waals surface area contributed by atoms with E-state index in [9.17, 15) is 0 Å². The van der Waals surface area contributed by atoms with Crippen LogP contribution < -0.4 is 5.32 Å². The Morgan fingerprint density at radius 2 is 2.25 bits per heavy atom. The molecule has 0 saturated heterocycles. The average Bonchev–Trinajstić information content (AvgIpc) is 2.76. The Balaban J connectivity index is 2.20. The summed E-state index contributed by atoms with van der Waals surface area (Å²) in [6.45, 7) is 2.88. The summed E-state index contributed by atoms with van der Waals surface area (Å²) in [7, 11) is 1.88. The molecular weight excluding hydrogens is 200 g/mol. The number of hydrogen-bond donors (Lipinski definition) is 1. The molecular formula is C12H16N4. The SMILES string of the molecule is CCc1nccn1Cc1cccc(NC)n1. The number of hydrogen-bond acceptors (Lipinski definition) is 3. The quantitative estimate of drug-likeness (QED) is 0.849. The Bertz CT molecular complexity index is 462. The smallest absolute Gasteiger partial charge is 0.126 e. The monoisotopic (exact) mass is 216 g/mol. The van der Waals surface area contributed by atoms with Crippen molar-refractivity contribution in [1.82, 2.24) is 14.5 Å². The maximum atomic E-state index is 4.48. The molecule has 0 aliphatic rings. The zero-order valence-electron chi connectivity index (χ0n) is 9.64. The molecule has 0 aromatic carbocycles. The number of aryl methyl sites for hydroxylation is 1. The highest BCUT2D eigenvalue weighted by molar-refractivity contribution is 5.34. The lowest BCUT2D eigenvalue weighted by atomic mass is 10.3. The van der Waals surface area contributed by atoms with E-state index >= 15 is 0 Å². The highest BCUT2D eigenvalue weighted by Crippen LogP contribution is 2.07. The van der Waals surface area contributed by atoms with Crippen molar-refractivity contribution in [2.45, 2.75) is 19.9 Å². The number of pyridine rings is 1. The van der Waals surface area contributed by atoms with Crippen molar-refractivity contribution >= 4 is 5.82 Å². The van der Waals surface area contributed by atoms with Gasteiger partial charge >= 0.3 is 0 Å². The summed E-state index contributed by atoms with van der Waals surface area (Å²) >= 11 is 0. The van der Waals surface area contributed by atoms with Crippen molar-refractivity contribution in [1.29, 1.82) is 0 Å². The molecule has 4 heteroatoms. The molecule has 0 atom stereocenters. The molecule has 2 rings (SSSR count). The first kappa shape index (κ1) is 10.7. The minimum atomic E-state index is 0.776. The zero-order valence-corrected chi connectivity index (χ0v) is 9.64. The predicted octanol–water partition coefficient (Wildman–Crippen LogP) is 1.93. The molecule has 2 heterocycles. The van der Waals surface area contributed by atoms with E-state index in [0.717, 1.165) is 30.3 Å². The maximum absolute atomic E-state index is 4.48. The van der Waals surface area contributed by atoms with Gasteiger partial charge in [0.05, 0.1) is 12.2 Å². The van der Waals surface area contributed by atoms with Crippen molar-refractivity contribution in [2.24, 2.45) is 0 Å². The Kier molecular flexibility index (Phi) is 3.19. The van der Waals surface area contributed by atoms with Crippen LogP contribution in [0.4, 0.5) is 5.82 Å². The Morgan fingerprint density at radius 1 is 1.38 bits per heavy atom. The van der Waals surface area contributed by atoms with Gasteiger partial charge in [0.25, 0.3) is 0 Å². The minimum absolute atomic E-state index is 0.776. The molecule has 2 aromatic heterocycles.